The first-order valence-corrected chi connectivity index (χ1v) is 11.5. The zero-order valence-corrected chi connectivity index (χ0v) is 19.5. The van der Waals surface area contributed by atoms with E-state index in [2.05, 4.69) is 15.9 Å². The lowest BCUT2D eigenvalue weighted by Crippen LogP contribution is -2.73. The van der Waals surface area contributed by atoms with Crippen LogP contribution in [0.25, 0.3) is 0 Å². The summed E-state index contributed by atoms with van der Waals surface area (Å²) in [5, 5.41) is 33.3. The van der Waals surface area contributed by atoms with Crippen LogP contribution in [-0.4, -0.2) is 61.6 Å². The van der Waals surface area contributed by atoms with E-state index in [0.717, 1.165) is 5.57 Å². The Morgan fingerprint density at radius 3 is 2.55 bits per heavy atom. The van der Waals surface area contributed by atoms with Crippen molar-refractivity contribution >= 4 is 33.5 Å². The molecule has 0 bridgehead atoms. The van der Waals surface area contributed by atoms with Crippen LogP contribution in [-0.2, 0) is 19.1 Å². The number of rotatable bonds is 2. The van der Waals surface area contributed by atoms with E-state index in [1.54, 1.807) is 13.0 Å². The Balaban J connectivity index is 1.75. The number of carbonyl (C=O) groups excluding carboxylic acids is 3. The number of aliphatic hydroxyl groups is 3. The zero-order valence-electron chi connectivity index (χ0n) is 17.9. The number of Topliss-reactive ketones (excluding diaryl/α,β-unsaturated/α-hetero) is 1. The number of carbonyl (C=O) groups is 3. The van der Waals surface area contributed by atoms with Crippen LogP contribution in [0.3, 0.4) is 0 Å². The van der Waals surface area contributed by atoms with Gasteiger partial charge in [-0.15, -0.1) is 0 Å². The number of esters is 1. The largest absolute Gasteiger partial charge is 0.462 e. The molecule has 0 heterocycles. The lowest BCUT2D eigenvalue weighted by molar-refractivity contribution is -0.208. The van der Waals surface area contributed by atoms with Crippen molar-refractivity contribution in [3.05, 3.63) is 23.8 Å². The highest BCUT2D eigenvalue weighted by Gasteiger charge is 2.71. The molecule has 0 aromatic rings. The predicted octanol–water partition coefficient (Wildman–Crippen LogP) is 1.62. The van der Waals surface area contributed by atoms with E-state index in [4.69, 9.17) is 4.74 Å². The molecule has 31 heavy (non-hydrogen) atoms. The third-order valence-electron chi connectivity index (χ3n) is 8.47. The zero-order chi connectivity index (χ0) is 23.0. The number of hydrogen-bond donors (Lipinski definition) is 3. The number of alkyl halides is 1. The first-order valence-electron chi connectivity index (χ1n) is 10.7. The first-order chi connectivity index (χ1) is 14.3. The van der Waals surface area contributed by atoms with Gasteiger partial charge in [0.05, 0.1) is 16.5 Å². The van der Waals surface area contributed by atoms with E-state index < -0.39 is 51.3 Å². The van der Waals surface area contributed by atoms with Gasteiger partial charge in [-0.1, -0.05) is 41.4 Å². The average Bonchev–Trinajstić information content (AvgIpc) is 2.69. The number of halogens is 1. The molecule has 3 N–H and O–H groups in total. The molecule has 4 rings (SSSR count). The highest BCUT2D eigenvalue weighted by Crippen LogP contribution is 2.68. The summed E-state index contributed by atoms with van der Waals surface area (Å²) in [7, 11) is 0. The molecule has 0 aromatic carbocycles. The van der Waals surface area contributed by atoms with E-state index in [1.807, 2.05) is 13.0 Å². The predicted molar refractivity (Wildman–Crippen MR) is 114 cm³/mol. The summed E-state index contributed by atoms with van der Waals surface area (Å²) in [6, 6.07) is 0. The molecule has 0 spiro atoms. The molecule has 3 saturated carbocycles. The average molecular weight is 497 g/mol. The quantitative estimate of drug-likeness (QED) is 0.392. The van der Waals surface area contributed by atoms with Gasteiger partial charge in [-0.25, -0.2) is 0 Å². The summed E-state index contributed by atoms with van der Waals surface area (Å²) in [6.45, 7) is 4.29. The molecule has 4 aliphatic rings. The van der Waals surface area contributed by atoms with Crippen molar-refractivity contribution in [2.75, 3.05) is 6.61 Å². The van der Waals surface area contributed by atoms with Crippen molar-refractivity contribution in [3.63, 3.8) is 0 Å². The molecule has 170 valence electrons. The topological polar surface area (TPSA) is 121 Å². The van der Waals surface area contributed by atoms with Gasteiger partial charge in [0, 0.05) is 17.8 Å². The maximum Gasteiger partial charge on any atom is 0.302 e. The number of aliphatic hydroxyl groups excluding tert-OH is 2. The molecule has 0 saturated heterocycles. The van der Waals surface area contributed by atoms with Crippen molar-refractivity contribution in [2.24, 2.45) is 22.7 Å². The SMILES string of the molecule is CC(=O)OC[C@]1(O)C(=O)[C@@]2(C)C[C@H](O)[C@@]3(Br)[C@@H](CCC4=CC(=O)C=C[C@@]43C)[C@@H]2C[C@H]1O. The Bertz CT molecular complexity index is 912. The van der Waals surface area contributed by atoms with Crippen molar-refractivity contribution in [2.45, 2.75) is 68.6 Å². The van der Waals surface area contributed by atoms with Crippen molar-refractivity contribution in [1.29, 1.82) is 0 Å². The molecule has 0 radical (unpaired) electrons. The number of hydrogen-bond acceptors (Lipinski definition) is 7. The number of allylic oxidation sites excluding steroid dienone is 4. The molecular weight excluding hydrogens is 468 g/mol. The molecular formula is C23H29BrO7. The molecule has 4 aliphatic carbocycles. The van der Waals surface area contributed by atoms with Crippen molar-refractivity contribution in [3.8, 4) is 0 Å². The van der Waals surface area contributed by atoms with Crippen LogP contribution in [0.15, 0.2) is 23.8 Å². The molecule has 8 heteroatoms. The fourth-order valence-corrected chi connectivity index (χ4v) is 7.81. The molecule has 0 amide bonds. The van der Waals surface area contributed by atoms with Gasteiger partial charge in [-0.05, 0) is 49.7 Å². The second kappa shape index (κ2) is 7.07. The second-order valence-electron chi connectivity index (χ2n) is 10.0. The summed E-state index contributed by atoms with van der Waals surface area (Å²) in [6.07, 6.45) is 4.17. The summed E-state index contributed by atoms with van der Waals surface area (Å²) >= 11 is 3.88. The van der Waals surface area contributed by atoms with Gasteiger partial charge in [0.25, 0.3) is 0 Å². The second-order valence-corrected chi connectivity index (χ2v) is 11.4. The highest BCUT2D eigenvalue weighted by atomic mass is 79.9. The van der Waals surface area contributed by atoms with Gasteiger partial charge in [-0.2, -0.15) is 0 Å². The van der Waals surface area contributed by atoms with Crippen LogP contribution in [0.2, 0.25) is 0 Å². The number of fused-ring (bicyclic) bond motifs is 5. The van der Waals surface area contributed by atoms with Crippen molar-refractivity contribution < 1.29 is 34.4 Å². The Kier molecular flexibility index (Phi) is 5.21. The molecule has 0 aromatic heterocycles. The Labute approximate surface area is 189 Å². The van der Waals surface area contributed by atoms with E-state index in [9.17, 15) is 29.7 Å². The minimum absolute atomic E-state index is 0.0732. The maximum atomic E-state index is 13.6. The van der Waals surface area contributed by atoms with E-state index >= 15 is 0 Å². The lowest BCUT2D eigenvalue weighted by Gasteiger charge is -2.66. The lowest BCUT2D eigenvalue weighted by atomic mass is 9.43. The van der Waals surface area contributed by atoms with Crippen LogP contribution in [0.4, 0.5) is 0 Å². The van der Waals surface area contributed by atoms with Gasteiger partial charge in [0.1, 0.15) is 6.61 Å². The maximum absolute atomic E-state index is 13.6. The molecule has 7 nitrogen and oxygen atoms in total. The van der Waals surface area contributed by atoms with Gasteiger partial charge >= 0.3 is 5.97 Å². The highest BCUT2D eigenvalue weighted by molar-refractivity contribution is 9.10. The van der Waals surface area contributed by atoms with Crippen LogP contribution in [0.1, 0.15) is 46.5 Å². The third kappa shape index (κ3) is 2.91. The van der Waals surface area contributed by atoms with Gasteiger partial charge in [0.2, 0.25) is 0 Å². The van der Waals surface area contributed by atoms with Crippen LogP contribution < -0.4 is 0 Å². The Morgan fingerprint density at radius 2 is 1.90 bits per heavy atom. The van der Waals surface area contributed by atoms with E-state index in [0.29, 0.717) is 12.8 Å². The molecule has 3 fully saturated rings. The van der Waals surface area contributed by atoms with Gasteiger partial charge < -0.3 is 20.1 Å². The van der Waals surface area contributed by atoms with E-state index in [-0.39, 0.29) is 30.5 Å². The summed E-state index contributed by atoms with van der Waals surface area (Å²) in [5.74, 6) is -1.81. The summed E-state index contributed by atoms with van der Waals surface area (Å²) in [4.78, 5) is 36.8. The number of ketones is 2. The van der Waals surface area contributed by atoms with Crippen LogP contribution in [0.5, 0.6) is 0 Å². The fraction of sp³-hybridized carbons (Fsp3) is 0.696. The molecule has 8 atom stereocenters. The Morgan fingerprint density at radius 1 is 1.23 bits per heavy atom. The van der Waals surface area contributed by atoms with E-state index in [1.165, 1.54) is 13.0 Å². The van der Waals surface area contributed by atoms with Crippen molar-refractivity contribution in [1.82, 2.24) is 0 Å². The Hall–Kier alpha value is -1.35. The van der Waals surface area contributed by atoms with Gasteiger partial charge in [-0.3, -0.25) is 14.4 Å². The van der Waals surface area contributed by atoms with Gasteiger partial charge in [0.15, 0.2) is 17.2 Å². The first kappa shape index (κ1) is 22.8. The smallest absolute Gasteiger partial charge is 0.302 e. The summed E-state index contributed by atoms with van der Waals surface area (Å²) in [5.41, 5.74) is -2.97. The van der Waals surface area contributed by atoms with Crippen LogP contribution >= 0.6 is 15.9 Å². The standard InChI is InChI=1S/C23H29BrO7/c1-12(25)31-11-22(30)17(27)9-16-15-5-4-13-8-14(26)6-7-21(13,3)23(15,24)18(28)10-20(16,2)19(22)29/h6-8,15-18,27-28,30H,4-5,9-11H2,1-3H3/t15-,16-,17+,18-,20-,21-,22+,23-/m0/s1. The summed E-state index contributed by atoms with van der Waals surface area (Å²) < 4.78 is 4.09. The number of ether oxygens (including phenoxy) is 1. The molecule has 0 aliphatic heterocycles. The molecule has 0 unspecified atom stereocenters. The normalized spacial score (nSPS) is 48.9. The third-order valence-corrected chi connectivity index (χ3v) is 10.4. The minimum atomic E-state index is -2.20. The fourth-order valence-electron chi connectivity index (χ4n) is 6.71. The minimum Gasteiger partial charge on any atom is -0.462 e. The van der Waals surface area contributed by atoms with Crippen LogP contribution in [0, 0.1) is 22.7 Å². The monoisotopic (exact) mass is 496 g/mol.